The number of hydrogen-bond acceptors (Lipinski definition) is 2. The predicted octanol–water partition coefficient (Wildman–Crippen LogP) is 1.29. The first-order chi connectivity index (χ1) is 4.59. The van der Waals surface area contributed by atoms with Crippen molar-refractivity contribution in [2.45, 2.75) is 33.3 Å². The molecule has 0 saturated heterocycles. The van der Waals surface area contributed by atoms with E-state index in [2.05, 4.69) is 0 Å². The van der Waals surface area contributed by atoms with Crippen molar-refractivity contribution in [2.75, 3.05) is 0 Å². The van der Waals surface area contributed by atoms with Gasteiger partial charge in [-0.3, -0.25) is 4.79 Å². The second kappa shape index (κ2) is 4.23. The zero-order chi connectivity index (χ0) is 8.15. The van der Waals surface area contributed by atoms with Gasteiger partial charge in [-0.2, -0.15) is 0 Å². The number of hydrogen-bond donors (Lipinski definition) is 1. The van der Waals surface area contributed by atoms with Crippen LogP contribution in [0.3, 0.4) is 0 Å². The molecule has 2 heteroatoms. The molecule has 0 aromatic heterocycles. The molecule has 10 heavy (non-hydrogen) atoms. The number of aliphatic hydroxyl groups excluding tert-OH is 1. The zero-order valence-corrected chi connectivity index (χ0v) is 6.72. The number of carbonyl (C=O) groups excluding carboxylic acids is 1. The summed E-state index contributed by atoms with van der Waals surface area (Å²) in [6.07, 6.45) is 1.92. The van der Waals surface area contributed by atoms with Crippen molar-refractivity contribution in [1.82, 2.24) is 0 Å². The van der Waals surface area contributed by atoms with Crippen LogP contribution in [0.15, 0.2) is 11.6 Å². The third-order valence-corrected chi connectivity index (χ3v) is 1.28. The van der Waals surface area contributed by atoms with E-state index in [1.807, 2.05) is 6.92 Å². The van der Waals surface area contributed by atoms with Gasteiger partial charge in [0.15, 0.2) is 5.78 Å². The van der Waals surface area contributed by atoms with Crippen LogP contribution in [0.4, 0.5) is 0 Å². The van der Waals surface area contributed by atoms with Crippen LogP contribution in [0, 0.1) is 0 Å². The Morgan fingerprint density at radius 2 is 2.20 bits per heavy atom. The molecule has 0 aliphatic heterocycles. The highest BCUT2D eigenvalue weighted by molar-refractivity contribution is 5.94. The standard InChI is InChI=1S/C8H14O2/c1-4-5-8(6(2)9)7(3)10/h5-6,9H,4H2,1-3H3/b8-5-. The molecule has 0 heterocycles. The molecule has 0 fully saturated rings. The Bertz CT molecular complexity index is 145. The highest BCUT2D eigenvalue weighted by Crippen LogP contribution is 2.03. The Balaban J connectivity index is 4.27. The topological polar surface area (TPSA) is 37.3 Å². The Morgan fingerprint density at radius 1 is 1.70 bits per heavy atom. The number of carbonyl (C=O) groups is 1. The molecule has 0 aliphatic carbocycles. The second-order valence-electron chi connectivity index (χ2n) is 2.30. The number of ketones is 1. The van der Waals surface area contributed by atoms with E-state index in [9.17, 15) is 4.79 Å². The van der Waals surface area contributed by atoms with Gasteiger partial charge in [-0.05, 0) is 20.3 Å². The van der Waals surface area contributed by atoms with Crippen LogP contribution in [0.2, 0.25) is 0 Å². The molecule has 1 N–H and O–H groups in total. The fraction of sp³-hybridized carbons (Fsp3) is 0.625. The Hall–Kier alpha value is -0.630. The third-order valence-electron chi connectivity index (χ3n) is 1.28. The number of rotatable bonds is 3. The summed E-state index contributed by atoms with van der Waals surface area (Å²) in [5, 5.41) is 9.02. The number of Topliss-reactive ketones (excluding diaryl/α,β-unsaturated/α-hetero) is 1. The molecule has 1 unspecified atom stereocenters. The van der Waals surface area contributed by atoms with Crippen molar-refractivity contribution < 1.29 is 9.90 Å². The summed E-state index contributed by atoms with van der Waals surface area (Å²) in [7, 11) is 0. The average molecular weight is 142 g/mol. The first-order valence-corrected chi connectivity index (χ1v) is 3.48. The monoisotopic (exact) mass is 142 g/mol. The van der Waals surface area contributed by atoms with E-state index >= 15 is 0 Å². The lowest BCUT2D eigenvalue weighted by Gasteiger charge is -2.04. The SMILES string of the molecule is CC/C=C(\C(C)=O)C(C)O. The van der Waals surface area contributed by atoms with E-state index in [-0.39, 0.29) is 5.78 Å². The number of allylic oxidation sites excluding steroid dienone is 1. The van der Waals surface area contributed by atoms with E-state index in [0.717, 1.165) is 6.42 Å². The maximum Gasteiger partial charge on any atom is 0.158 e. The van der Waals surface area contributed by atoms with Crippen molar-refractivity contribution in [3.63, 3.8) is 0 Å². The Morgan fingerprint density at radius 3 is 2.30 bits per heavy atom. The van der Waals surface area contributed by atoms with Gasteiger partial charge >= 0.3 is 0 Å². The van der Waals surface area contributed by atoms with Gasteiger partial charge in [0.2, 0.25) is 0 Å². The largest absolute Gasteiger partial charge is 0.389 e. The van der Waals surface area contributed by atoms with E-state index in [1.165, 1.54) is 6.92 Å². The van der Waals surface area contributed by atoms with Crippen LogP contribution >= 0.6 is 0 Å². The molecule has 0 bridgehead atoms. The van der Waals surface area contributed by atoms with Gasteiger partial charge in [0.25, 0.3) is 0 Å². The lowest BCUT2D eigenvalue weighted by atomic mass is 10.1. The van der Waals surface area contributed by atoms with Crippen LogP contribution < -0.4 is 0 Å². The van der Waals surface area contributed by atoms with Gasteiger partial charge in [-0.15, -0.1) is 0 Å². The number of aliphatic hydroxyl groups is 1. The summed E-state index contributed by atoms with van der Waals surface area (Å²) in [5.41, 5.74) is 0.516. The third kappa shape index (κ3) is 2.78. The van der Waals surface area contributed by atoms with Crippen molar-refractivity contribution >= 4 is 5.78 Å². The molecule has 0 radical (unpaired) electrons. The minimum atomic E-state index is -0.627. The van der Waals surface area contributed by atoms with Crippen LogP contribution in [0.5, 0.6) is 0 Å². The summed E-state index contributed by atoms with van der Waals surface area (Å²) < 4.78 is 0. The lowest BCUT2D eigenvalue weighted by Crippen LogP contribution is -2.11. The molecule has 0 aromatic carbocycles. The lowest BCUT2D eigenvalue weighted by molar-refractivity contribution is -0.114. The molecule has 0 aliphatic rings. The van der Waals surface area contributed by atoms with Crippen LogP contribution in [0.25, 0.3) is 0 Å². The average Bonchev–Trinajstić information content (AvgIpc) is 1.81. The molecule has 1 atom stereocenters. The van der Waals surface area contributed by atoms with Crippen LogP contribution in [-0.2, 0) is 4.79 Å². The van der Waals surface area contributed by atoms with Crippen LogP contribution in [0.1, 0.15) is 27.2 Å². The van der Waals surface area contributed by atoms with Crippen molar-refractivity contribution in [1.29, 1.82) is 0 Å². The summed E-state index contributed by atoms with van der Waals surface area (Å²) >= 11 is 0. The van der Waals surface area contributed by atoms with Crippen LogP contribution in [-0.4, -0.2) is 17.0 Å². The first kappa shape index (κ1) is 9.37. The molecule has 0 aromatic rings. The van der Waals surface area contributed by atoms with Gasteiger partial charge in [-0.25, -0.2) is 0 Å². The van der Waals surface area contributed by atoms with Crippen molar-refractivity contribution in [3.8, 4) is 0 Å². The summed E-state index contributed by atoms with van der Waals surface area (Å²) in [4.78, 5) is 10.7. The Kier molecular flexibility index (Phi) is 3.96. The molecule has 58 valence electrons. The predicted molar refractivity (Wildman–Crippen MR) is 40.7 cm³/mol. The van der Waals surface area contributed by atoms with Gasteiger partial charge in [0.05, 0.1) is 6.10 Å². The van der Waals surface area contributed by atoms with E-state index in [1.54, 1.807) is 13.0 Å². The molecule has 0 rings (SSSR count). The maximum atomic E-state index is 10.7. The smallest absolute Gasteiger partial charge is 0.158 e. The van der Waals surface area contributed by atoms with E-state index < -0.39 is 6.10 Å². The van der Waals surface area contributed by atoms with E-state index in [4.69, 9.17) is 5.11 Å². The highest BCUT2D eigenvalue weighted by atomic mass is 16.3. The minimum Gasteiger partial charge on any atom is -0.389 e. The molecule has 0 amide bonds. The summed E-state index contributed by atoms with van der Waals surface area (Å²) in [6.45, 7) is 5.00. The molecule has 2 nitrogen and oxygen atoms in total. The van der Waals surface area contributed by atoms with Crippen molar-refractivity contribution in [2.24, 2.45) is 0 Å². The maximum absolute atomic E-state index is 10.7. The van der Waals surface area contributed by atoms with Gasteiger partial charge in [0.1, 0.15) is 0 Å². The second-order valence-corrected chi connectivity index (χ2v) is 2.30. The highest BCUT2D eigenvalue weighted by Gasteiger charge is 2.07. The summed E-state index contributed by atoms with van der Waals surface area (Å²) in [6, 6.07) is 0. The van der Waals surface area contributed by atoms with Gasteiger partial charge in [-0.1, -0.05) is 13.0 Å². The quantitative estimate of drug-likeness (QED) is 0.603. The minimum absolute atomic E-state index is 0.0446. The molecular formula is C8H14O2. The van der Waals surface area contributed by atoms with Gasteiger partial charge in [0, 0.05) is 5.57 Å². The molecule has 0 spiro atoms. The zero-order valence-electron chi connectivity index (χ0n) is 6.72. The fourth-order valence-electron chi connectivity index (χ4n) is 0.828. The molecule has 0 saturated carbocycles. The van der Waals surface area contributed by atoms with E-state index in [0.29, 0.717) is 5.57 Å². The fourth-order valence-corrected chi connectivity index (χ4v) is 0.828. The Labute approximate surface area is 61.6 Å². The summed E-state index contributed by atoms with van der Waals surface area (Å²) in [5.74, 6) is -0.0446. The van der Waals surface area contributed by atoms with Crippen molar-refractivity contribution in [3.05, 3.63) is 11.6 Å². The normalized spacial score (nSPS) is 15.0. The molecular weight excluding hydrogens is 128 g/mol. The van der Waals surface area contributed by atoms with Gasteiger partial charge < -0.3 is 5.11 Å². The first-order valence-electron chi connectivity index (χ1n) is 3.48.